The lowest BCUT2D eigenvalue weighted by atomic mass is 10.2. The van der Waals surface area contributed by atoms with Gasteiger partial charge in [0.15, 0.2) is 0 Å². The number of aryl methyl sites for hydroxylation is 2. The number of rotatable bonds is 6. The minimum Gasteiger partial charge on any atom is -0.376 e. The third-order valence-corrected chi connectivity index (χ3v) is 4.10. The highest BCUT2D eigenvalue weighted by Gasteiger charge is 2.10. The molecule has 3 aromatic rings. The minimum atomic E-state index is -0.300. The second-order valence-corrected chi connectivity index (χ2v) is 6.09. The number of hydrogen-bond donors (Lipinski definition) is 3. The Hall–Kier alpha value is -3.61. The predicted molar refractivity (Wildman–Crippen MR) is 107 cm³/mol. The predicted octanol–water partition coefficient (Wildman–Crippen LogP) is 2.34. The van der Waals surface area contributed by atoms with Gasteiger partial charge >= 0.3 is 0 Å². The van der Waals surface area contributed by atoms with Crippen LogP contribution in [0.15, 0.2) is 64.5 Å². The van der Waals surface area contributed by atoms with Gasteiger partial charge in [0.2, 0.25) is 0 Å². The van der Waals surface area contributed by atoms with Gasteiger partial charge in [-0.15, -0.1) is 0 Å². The number of aromatic amines is 1. The highest BCUT2D eigenvalue weighted by Crippen LogP contribution is 2.12. The van der Waals surface area contributed by atoms with Crippen LogP contribution in [-0.4, -0.2) is 28.4 Å². The molecule has 1 aromatic heterocycles. The van der Waals surface area contributed by atoms with Gasteiger partial charge < -0.3 is 5.32 Å². The molecule has 27 heavy (non-hydrogen) atoms. The molecule has 0 unspecified atom stereocenters. The summed E-state index contributed by atoms with van der Waals surface area (Å²) in [7, 11) is 0. The summed E-state index contributed by atoms with van der Waals surface area (Å²) in [5.41, 5.74) is 5.94. The van der Waals surface area contributed by atoms with Crippen molar-refractivity contribution in [1.29, 1.82) is 0 Å². The van der Waals surface area contributed by atoms with Gasteiger partial charge in [0, 0.05) is 11.4 Å². The van der Waals surface area contributed by atoms with Gasteiger partial charge in [-0.3, -0.25) is 14.7 Å². The van der Waals surface area contributed by atoms with Gasteiger partial charge in [0.1, 0.15) is 0 Å². The number of para-hydroxylation sites is 2. The Kier molecular flexibility index (Phi) is 5.51. The number of H-pyrrole nitrogens is 1. The number of amides is 1. The fourth-order valence-electron chi connectivity index (χ4n) is 2.63. The Balaban J connectivity index is 1.63. The number of benzene rings is 2. The first-order chi connectivity index (χ1) is 13.1. The molecule has 0 spiro atoms. The van der Waals surface area contributed by atoms with E-state index in [0.29, 0.717) is 11.3 Å². The summed E-state index contributed by atoms with van der Waals surface area (Å²) in [5, 5.41) is 9.97. The number of hydrazone groups is 1. The second kappa shape index (κ2) is 8.18. The van der Waals surface area contributed by atoms with Crippen molar-refractivity contribution in [3.63, 3.8) is 0 Å². The van der Waals surface area contributed by atoms with E-state index in [1.54, 1.807) is 6.92 Å². The molecule has 7 nitrogen and oxygen atoms in total. The van der Waals surface area contributed by atoms with Crippen LogP contribution in [-0.2, 0) is 4.79 Å². The zero-order valence-corrected chi connectivity index (χ0v) is 15.2. The van der Waals surface area contributed by atoms with Gasteiger partial charge in [-0.2, -0.15) is 5.10 Å². The molecule has 0 saturated carbocycles. The third-order valence-electron chi connectivity index (χ3n) is 4.10. The molecule has 0 radical (unpaired) electrons. The lowest BCUT2D eigenvalue weighted by Crippen LogP contribution is -2.26. The molecule has 0 saturated heterocycles. The molecule has 0 aliphatic heterocycles. The number of carbonyl (C=O) groups excluding carboxylic acids is 1. The number of carbonyl (C=O) groups is 1. The number of anilines is 1. The summed E-state index contributed by atoms with van der Waals surface area (Å²) in [4.78, 5) is 24.5. The first-order valence-electron chi connectivity index (χ1n) is 8.54. The quantitative estimate of drug-likeness (QED) is 0.464. The first kappa shape index (κ1) is 18.2. The van der Waals surface area contributed by atoms with E-state index in [-0.39, 0.29) is 18.0 Å². The van der Waals surface area contributed by atoms with Crippen molar-refractivity contribution in [2.75, 3.05) is 11.9 Å². The lowest BCUT2D eigenvalue weighted by Gasteiger charge is -2.07. The Morgan fingerprint density at radius 1 is 1.11 bits per heavy atom. The van der Waals surface area contributed by atoms with Crippen LogP contribution in [0, 0.1) is 13.8 Å². The van der Waals surface area contributed by atoms with Crippen LogP contribution in [0.25, 0.3) is 5.69 Å². The van der Waals surface area contributed by atoms with Crippen molar-refractivity contribution in [3.8, 4) is 5.69 Å². The van der Waals surface area contributed by atoms with E-state index in [2.05, 4.69) is 20.9 Å². The Labute approximate surface area is 156 Å². The van der Waals surface area contributed by atoms with Gasteiger partial charge in [0.05, 0.1) is 24.0 Å². The van der Waals surface area contributed by atoms with Crippen LogP contribution in [0.1, 0.15) is 16.8 Å². The molecular formula is C20H21N5O2. The summed E-state index contributed by atoms with van der Waals surface area (Å²) in [6.45, 7) is 3.83. The highest BCUT2D eigenvalue weighted by molar-refractivity contribution is 5.84. The maximum Gasteiger partial charge on any atom is 0.280 e. The van der Waals surface area contributed by atoms with Crippen molar-refractivity contribution < 1.29 is 4.79 Å². The topological polar surface area (TPSA) is 91.3 Å². The van der Waals surface area contributed by atoms with Crippen molar-refractivity contribution >= 4 is 17.8 Å². The van der Waals surface area contributed by atoms with Crippen molar-refractivity contribution in [2.24, 2.45) is 5.10 Å². The smallest absolute Gasteiger partial charge is 0.280 e. The summed E-state index contributed by atoms with van der Waals surface area (Å²) in [5.74, 6) is -0.300. The monoisotopic (exact) mass is 363 g/mol. The fraction of sp³-hybridized carbons (Fsp3) is 0.150. The largest absolute Gasteiger partial charge is 0.376 e. The fourth-order valence-corrected chi connectivity index (χ4v) is 2.63. The van der Waals surface area contributed by atoms with Crippen LogP contribution in [0.5, 0.6) is 0 Å². The summed E-state index contributed by atoms with van der Waals surface area (Å²) in [6, 6.07) is 17.0. The van der Waals surface area contributed by atoms with E-state index >= 15 is 0 Å². The minimum absolute atomic E-state index is 0.0859. The molecule has 1 amide bonds. The zero-order valence-electron chi connectivity index (χ0n) is 15.2. The van der Waals surface area contributed by atoms with Gasteiger partial charge in [0.25, 0.3) is 11.5 Å². The summed E-state index contributed by atoms with van der Waals surface area (Å²) >= 11 is 0. The van der Waals surface area contributed by atoms with Crippen LogP contribution in [0.2, 0.25) is 0 Å². The third kappa shape index (κ3) is 4.33. The van der Waals surface area contributed by atoms with Crippen molar-refractivity contribution in [3.05, 3.63) is 81.8 Å². The molecule has 7 heteroatoms. The van der Waals surface area contributed by atoms with E-state index in [1.165, 1.54) is 10.9 Å². The first-order valence-corrected chi connectivity index (χ1v) is 8.54. The molecular weight excluding hydrogens is 342 g/mol. The Morgan fingerprint density at radius 3 is 2.56 bits per heavy atom. The number of nitrogens with zero attached hydrogens (tertiary/aromatic N) is 2. The molecule has 2 aromatic carbocycles. The normalized spacial score (nSPS) is 10.9. The van der Waals surface area contributed by atoms with E-state index in [9.17, 15) is 9.59 Å². The standard InChI is InChI=1S/C20H21N5O2/c1-14-8-6-7-11-18(14)21-13-19(26)23-22-12-17-15(2)24-25(20(17)27)16-9-4-3-5-10-16/h3-12,21,24H,13H2,1-2H3,(H,23,26). The van der Waals surface area contributed by atoms with E-state index in [0.717, 1.165) is 16.9 Å². The summed E-state index contributed by atoms with van der Waals surface area (Å²) in [6.07, 6.45) is 1.36. The van der Waals surface area contributed by atoms with Crippen molar-refractivity contribution in [2.45, 2.75) is 13.8 Å². The van der Waals surface area contributed by atoms with Gasteiger partial charge in [-0.05, 0) is 37.6 Å². The SMILES string of the molecule is Cc1ccccc1NCC(=O)NN=Cc1c(C)[nH]n(-c2ccccc2)c1=O. The second-order valence-electron chi connectivity index (χ2n) is 6.09. The maximum absolute atomic E-state index is 12.5. The van der Waals surface area contributed by atoms with E-state index < -0.39 is 0 Å². The molecule has 138 valence electrons. The van der Waals surface area contributed by atoms with Gasteiger partial charge in [-0.1, -0.05) is 36.4 Å². The summed E-state index contributed by atoms with van der Waals surface area (Å²) < 4.78 is 1.44. The number of aromatic nitrogens is 2. The average molecular weight is 363 g/mol. The van der Waals surface area contributed by atoms with E-state index in [1.807, 2.05) is 61.5 Å². The molecule has 0 fully saturated rings. The highest BCUT2D eigenvalue weighted by atomic mass is 16.2. The van der Waals surface area contributed by atoms with Crippen LogP contribution < -0.4 is 16.3 Å². The van der Waals surface area contributed by atoms with E-state index in [4.69, 9.17) is 0 Å². The molecule has 0 atom stereocenters. The van der Waals surface area contributed by atoms with Crippen molar-refractivity contribution in [1.82, 2.24) is 15.2 Å². The molecule has 0 aliphatic carbocycles. The Bertz CT molecular complexity index is 1020. The zero-order chi connectivity index (χ0) is 19.2. The Morgan fingerprint density at radius 2 is 1.81 bits per heavy atom. The average Bonchev–Trinajstić information content (AvgIpc) is 2.96. The molecule has 3 N–H and O–H groups in total. The maximum atomic E-state index is 12.5. The number of nitrogens with one attached hydrogen (secondary N) is 3. The van der Waals surface area contributed by atoms with Crippen LogP contribution in [0.4, 0.5) is 5.69 Å². The molecule has 1 heterocycles. The molecule has 0 aliphatic rings. The van der Waals surface area contributed by atoms with Gasteiger partial charge in [-0.25, -0.2) is 10.1 Å². The van der Waals surface area contributed by atoms with Crippen LogP contribution >= 0.6 is 0 Å². The number of hydrogen-bond acceptors (Lipinski definition) is 4. The van der Waals surface area contributed by atoms with Crippen LogP contribution in [0.3, 0.4) is 0 Å². The molecule has 0 bridgehead atoms. The molecule has 3 rings (SSSR count). The lowest BCUT2D eigenvalue weighted by molar-refractivity contribution is -0.119.